The number of carbonyl (C=O) groups excluding carboxylic acids is 1. The molecule has 0 saturated carbocycles. The van der Waals surface area contributed by atoms with Crippen LogP contribution < -0.4 is 21.5 Å². The first-order valence-corrected chi connectivity index (χ1v) is 9.72. The second-order valence-electron chi connectivity index (χ2n) is 7.19. The van der Waals surface area contributed by atoms with Crippen molar-refractivity contribution in [1.82, 2.24) is 9.13 Å². The van der Waals surface area contributed by atoms with Crippen LogP contribution in [0, 0.1) is 0 Å². The molecular formula is C22H26N4O3. The number of hydrogen-bond acceptors (Lipinski definition) is 4. The average molecular weight is 394 g/mol. The topological polar surface area (TPSA) is 76.3 Å². The van der Waals surface area contributed by atoms with Crippen LogP contribution in [0.1, 0.15) is 19.8 Å². The Morgan fingerprint density at radius 3 is 2.34 bits per heavy atom. The lowest BCUT2D eigenvalue weighted by molar-refractivity contribution is -0.116. The molecule has 0 aliphatic rings. The molecule has 1 N–H and O–H groups in total. The number of unbranched alkanes of at least 4 members (excludes halogenated alkanes) is 1. The maximum atomic E-state index is 13.0. The number of benzene rings is 2. The lowest BCUT2D eigenvalue weighted by Gasteiger charge is -2.15. The molecule has 1 amide bonds. The van der Waals surface area contributed by atoms with E-state index in [1.54, 1.807) is 24.3 Å². The maximum Gasteiger partial charge on any atom is 0.331 e. The molecule has 0 aliphatic heterocycles. The summed E-state index contributed by atoms with van der Waals surface area (Å²) in [6.07, 6.45) is 1.58. The number of anilines is 2. The number of rotatable bonds is 7. The first-order chi connectivity index (χ1) is 13.9. The number of carbonyl (C=O) groups is 1. The van der Waals surface area contributed by atoms with Crippen molar-refractivity contribution < 1.29 is 4.79 Å². The minimum absolute atomic E-state index is 0.165. The normalized spacial score (nSPS) is 10.9. The summed E-state index contributed by atoms with van der Waals surface area (Å²) >= 11 is 0. The molecule has 2 aromatic carbocycles. The number of aromatic nitrogens is 2. The van der Waals surface area contributed by atoms with Crippen molar-refractivity contribution in [1.29, 1.82) is 0 Å². The summed E-state index contributed by atoms with van der Waals surface area (Å²) in [7, 11) is 3.89. The predicted octanol–water partition coefficient (Wildman–Crippen LogP) is 2.67. The van der Waals surface area contributed by atoms with E-state index in [1.807, 2.05) is 50.2 Å². The summed E-state index contributed by atoms with van der Waals surface area (Å²) in [5.74, 6) is -0.324. The van der Waals surface area contributed by atoms with Crippen LogP contribution in [0.2, 0.25) is 0 Å². The molecule has 3 aromatic rings. The van der Waals surface area contributed by atoms with Crippen LogP contribution in [-0.2, 0) is 17.9 Å². The number of amides is 1. The van der Waals surface area contributed by atoms with Crippen LogP contribution in [0.3, 0.4) is 0 Å². The van der Waals surface area contributed by atoms with E-state index < -0.39 is 5.69 Å². The summed E-state index contributed by atoms with van der Waals surface area (Å²) in [4.78, 5) is 40.3. The fourth-order valence-corrected chi connectivity index (χ4v) is 3.22. The van der Waals surface area contributed by atoms with Gasteiger partial charge in [0.2, 0.25) is 5.91 Å². The number of fused-ring (bicyclic) bond motifs is 1. The molecule has 0 saturated heterocycles. The van der Waals surface area contributed by atoms with Crippen LogP contribution >= 0.6 is 0 Å². The molecule has 0 fully saturated rings. The van der Waals surface area contributed by atoms with Crippen molar-refractivity contribution in [2.45, 2.75) is 32.9 Å². The molecule has 3 rings (SSSR count). The Kier molecular flexibility index (Phi) is 6.16. The first-order valence-electron chi connectivity index (χ1n) is 9.72. The molecule has 7 heteroatoms. The van der Waals surface area contributed by atoms with E-state index in [2.05, 4.69) is 5.32 Å². The van der Waals surface area contributed by atoms with Gasteiger partial charge in [0.05, 0.1) is 10.9 Å². The SMILES string of the molecule is CCCCn1c(=O)c2ccccc2n(CC(=O)Nc2ccc(N(C)C)cc2)c1=O. The molecule has 29 heavy (non-hydrogen) atoms. The van der Waals surface area contributed by atoms with Gasteiger partial charge in [0.15, 0.2) is 0 Å². The molecule has 0 aliphatic carbocycles. The Balaban J connectivity index is 1.93. The van der Waals surface area contributed by atoms with Gasteiger partial charge >= 0.3 is 5.69 Å². The largest absolute Gasteiger partial charge is 0.378 e. The zero-order valence-electron chi connectivity index (χ0n) is 17.0. The minimum Gasteiger partial charge on any atom is -0.378 e. The van der Waals surface area contributed by atoms with Gasteiger partial charge < -0.3 is 10.2 Å². The van der Waals surface area contributed by atoms with Crippen molar-refractivity contribution >= 4 is 28.2 Å². The Hall–Kier alpha value is -3.35. The summed E-state index contributed by atoms with van der Waals surface area (Å²) in [6, 6.07) is 14.3. The molecule has 0 spiro atoms. The Bertz CT molecular complexity index is 1130. The summed E-state index contributed by atoms with van der Waals surface area (Å²) in [6.45, 7) is 2.17. The van der Waals surface area contributed by atoms with Crippen molar-refractivity contribution in [3.05, 3.63) is 69.4 Å². The number of nitrogens with one attached hydrogen (secondary N) is 1. The van der Waals surface area contributed by atoms with E-state index in [1.165, 1.54) is 9.13 Å². The zero-order valence-corrected chi connectivity index (χ0v) is 17.0. The van der Waals surface area contributed by atoms with Gasteiger partial charge in [-0.1, -0.05) is 25.5 Å². The smallest absolute Gasteiger partial charge is 0.331 e. The van der Waals surface area contributed by atoms with Gasteiger partial charge in [-0.2, -0.15) is 0 Å². The minimum atomic E-state index is -0.458. The molecular weight excluding hydrogens is 368 g/mol. The second kappa shape index (κ2) is 8.77. The van der Waals surface area contributed by atoms with Gasteiger partial charge in [-0.05, 0) is 42.8 Å². The Labute approximate surface area is 169 Å². The molecule has 0 bridgehead atoms. The fourth-order valence-electron chi connectivity index (χ4n) is 3.22. The Morgan fingerprint density at radius 1 is 1.00 bits per heavy atom. The second-order valence-corrected chi connectivity index (χ2v) is 7.19. The monoisotopic (exact) mass is 394 g/mol. The third-order valence-electron chi connectivity index (χ3n) is 4.84. The molecule has 7 nitrogen and oxygen atoms in total. The Morgan fingerprint density at radius 2 is 1.69 bits per heavy atom. The number of hydrogen-bond donors (Lipinski definition) is 1. The standard InChI is InChI=1S/C22H26N4O3/c1-4-5-14-25-21(28)18-8-6-7-9-19(18)26(22(25)29)15-20(27)23-16-10-12-17(13-11-16)24(2)3/h6-13H,4-5,14-15H2,1-3H3,(H,23,27). The number of para-hydroxylation sites is 1. The van der Waals surface area contributed by atoms with Crippen molar-refractivity contribution in [3.63, 3.8) is 0 Å². The van der Waals surface area contributed by atoms with Gasteiger partial charge in [0, 0.05) is 32.0 Å². The van der Waals surface area contributed by atoms with Gasteiger partial charge in [-0.25, -0.2) is 4.79 Å². The molecule has 0 unspecified atom stereocenters. The lowest BCUT2D eigenvalue weighted by Crippen LogP contribution is -2.41. The van der Waals surface area contributed by atoms with E-state index in [-0.39, 0.29) is 18.0 Å². The van der Waals surface area contributed by atoms with E-state index >= 15 is 0 Å². The predicted molar refractivity (Wildman–Crippen MR) is 117 cm³/mol. The summed E-state index contributed by atoms with van der Waals surface area (Å²) in [5, 5.41) is 3.26. The summed E-state index contributed by atoms with van der Waals surface area (Å²) in [5.41, 5.74) is 1.37. The van der Waals surface area contributed by atoms with Crippen LogP contribution in [0.25, 0.3) is 10.9 Å². The quantitative estimate of drug-likeness (QED) is 0.668. The van der Waals surface area contributed by atoms with Gasteiger partial charge in [0.1, 0.15) is 6.54 Å². The summed E-state index contributed by atoms with van der Waals surface area (Å²) < 4.78 is 2.60. The third kappa shape index (κ3) is 4.39. The first kappa shape index (κ1) is 20.4. The lowest BCUT2D eigenvalue weighted by atomic mass is 10.2. The molecule has 1 heterocycles. The van der Waals surface area contributed by atoms with Crippen LogP contribution in [0.15, 0.2) is 58.1 Å². The molecule has 152 valence electrons. The average Bonchev–Trinajstić information content (AvgIpc) is 2.71. The molecule has 1 aromatic heterocycles. The van der Waals surface area contributed by atoms with E-state index in [9.17, 15) is 14.4 Å². The van der Waals surface area contributed by atoms with Crippen LogP contribution in [0.5, 0.6) is 0 Å². The highest BCUT2D eigenvalue weighted by atomic mass is 16.2. The maximum absolute atomic E-state index is 13.0. The third-order valence-corrected chi connectivity index (χ3v) is 4.84. The van der Waals surface area contributed by atoms with Gasteiger partial charge in [-0.15, -0.1) is 0 Å². The highest BCUT2D eigenvalue weighted by molar-refractivity contribution is 5.91. The van der Waals surface area contributed by atoms with Crippen molar-refractivity contribution in [3.8, 4) is 0 Å². The van der Waals surface area contributed by atoms with E-state index in [4.69, 9.17) is 0 Å². The zero-order chi connectivity index (χ0) is 21.0. The van der Waals surface area contributed by atoms with Gasteiger partial charge in [0.25, 0.3) is 5.56 Å². The molecule has 0 atom stereocenters. The van der Waals surface area contributed by atoms with E-state index in [0.29, 0.717) is 23.1 Å². The van der Waals surface area contributed by atoms with Crippen molar-refractivity contribution in [2.75, 3.05) is 24.3 Å². The number of nitrogens with zero attached hydrogens (tertiary/aromatic N) is 3. The van der Waals surface area contributed by atoms with Crippen LogP contribution in [-0.4, -0.2) is 29.1 Å². The van der Waals surface area contributed by atoms with Crippen LogP contribution in [0.4, 0.5) is 11.4 Å². The van der Waals surface area contributed by atoms with E-state index in [0.717, 1.165) is 18.5 Å². The van der Waals surface area contributed by atoms with Crippen molar-refractivity contribution in [2.24, 2.45) is 0 Å². The van der Waals surface area contributed by atoms with Gasteiger partial charge in [-0.3, -0.25) is 18.7 Å². The highest BCUT2D eigenvalue weighted by Crippen LogP contribution is 2.16. The highest BCUT2D eigenvalue weighted by Gasteiger charge is 2.15. The molecule has 0 radical (unpaired) electrons. The fraction of sp³-hybridized carbons (Fsp3) is 0.318.